The molecule has 0 saturated carbocycles. The van der Waals surface area contributed by atoms with Crippen molar-refractivity contribution in [1.29, 1.82) is 0 Å². The van der Waals surface area contributed by atoms with Crippen molar-refractivity contribution >= 4 is 17.4 Å². The molecule has 1 aliphatic rings. The third-order valence-corrected chi connectivity index (χ3v) is 5.63. The first-order valence-corrected chi connectivity index (χ1v) is 10.2. The molecule has 1 atom stereocenters. The molecule has 1 saturated heterocycles. The van der Waals surface area contributed by atoms with Crippen molar-refractivity contribution in [2.24, 2.45) is 0 Å². The van der Waals surface area contributed by atoms with Crippen LogP contribution in [0.25, 0.3) is 0 Å². The van der Waals surface area contributed by atoms with Crippen molar-refractivity contribution in [2.45, 2.75) is 37.5 Å². The summed E-state index contributed by atoms with van der Waals surface area (Å²) in [6, 6.07) is 9.72. The number of piperazine rings is 1. The van der Waals surface area contributed by atoms with Gasteiger partial charge >= 0.3 is 12.4 Å². The minimum atomic E-state index is -6.02. The maximum Gasteiger partial charge on any atom is 0.430 e. The van der Waals surface area contributed by atoms with Gasteiger partial charge in [0.25, 0.3) is 5.60 Å². The molecule has 1 aromatic heterocycles. The van der Waals surface area contributed by atoms with Crippen LogP contribution in [-0.4, -0.2) is 53.0 Å². The SMILES string of the molecule is CC#C[C@H]1CN(Cc2ccccc2)CCN1c1ncc(C(O)(C(F)(F)F)C(F)(F)F)cc1Cl. The fraction of sp³-hybridized carbons (Fsp3) is 0.409. The molecule has 4 nitrogen and oxygen atoms in total. The third-order valence-electron chi connectivity index (χ3n) is 5.36. The van der Waals surface area contributed by atoms with Gasteiger partial charge in [0.05, 0.1) is 5.02 Å². The van der Waals surface area contributed by atoms with Gasteiger partial charge in [-0.25, -0.2) is 4.98 Å². The van der Waals surface area contributed by atoms with E-state index in [9.17, 15) is 31.4 Å². The summed E-state index contributed by atoms with van der Waals surface area (Å²) in [5.41, 5.74) is -5.50. The fourth-order valence-corrected chi connectivity index (χ4v) is 3.97. The Bertz CT molecular complexity index is 1020. The lowest BCUT2D eigenvalue weighted by Crippen LogP contribution is -2.54. The van der Waals surface area contributed by atoms with Gasteiger partial charge < -0.3 is 10.0 Å². The van der Waals surface area contributed by atoms with E-state index >= 15 is 0 Å². The number of pyridine rings is 1. The summed E-state index contributed by atoms with van der Waals surface area (Å²) in [7, 11) is 0. The highest BCUT2D eigenvalue weighted by molar-refractivity contribution is 6.33. The molecule has 2 aromatic rings. The van der Waals surface area contributed by atoms with Crippen LogP contribution in [0.2, 0.25) is 5.02 Å². The van der Waals surface area contributed by atoms with Gasteiger partial charge in [-0.1, -0.05) is 47.9 Å². The zero-order valence-corrected chi connectivity index (χ0v) is 18.1. The van der Waals surface area contributed by atoms with Gasteiger partial charge in [-0.15, -0.1) is 5.92 Å². The van der Waals surface area contributed by atoms with Crippen molar-refractivity contribution < 1.29 is 31.4 Å². The van der Waals surface area contributed by atoms with Crippen molar-refractivity contribution in [3.63, 3.8) is 0 Å². The van der Waals surface area contributed by atoms with Crippen molar-refractivity contribution in [3.8, 4) is 11.8 Å². The van der Waals surface area contributed by atoms with E-state index in [1.165, 1.54) is 0 Å². The molecule has 0 radical (unpaired) electrons. The van der Waals surface area contributed by atoms with E-state index in [0.29, 0.717) is 38.4 Å². The topological polar surface area (TPSA) is 39.6 Å². The molecule has 0 aliphatic carbocycles. The molecular formula is C22H20ClF6N3O. The molecule has 0 spiro atoms. The van der Waals surface area contributed by atoms with Crippen molar-refractivity contribution in [3.05, 3.63) is 58.7 Å². The Hall–Kier alpha value is -2.48. The van der Waals surface area contributed by atoms with E-state index in [4.69, 9.17) is 11.6 Å². The van der Waals surface area contributed by atoms with Crippen LogP contribution < -0.4 is 4.90 Å². The van der Waals surface area contributed by atoms with Gasteiger partial charge in [-0.05, 0) is 18.6 Å². The summed E-state index contributed by atoms with van der Waals surface area (Å²) in [5.74, 6) is 5.78. The smallest absolute Gasteiger partial charge is 0.369 e. The molecule has 1 fully saturated rings. The third kappa shape index (κ3) is 5.05. The van der Waals surface area contributed by atoms with E-state index in [-0.39, 0.29) is 5.82 Å². The van der Waals surface area contributed by atoms with Crippen LogP contribution in [0.4, 0.5) is 32.2 Å². The quantitative estimate of drug-likeness (QED) is 0.494. The summed E-state index contributed by atoms with van der Waals surface area (Å²) in [6.45, 7) is 3.64. The van der Waals surface area contributed by atoms with E-state index in [2.05, 4.69) is 21.7 Å². The number of halogens is 7. The molecule has 33 heavy (non-hydrogen) atoms. The van der Waals surface area contributed by atoms with Gasteiger partial charge in [0.1, 0.15) is 11.9 Å². The summed E-state index contributed by atoms with van der Waals surface area (Å²) in [4.78, 5) is 7.56. The highest BCUT2D eigenvalue weighted by atomic mass is 35.5. The molecule has 178 valence electrons. The second-order valence-corrected chi connectivity index (χ2v) is 7.97. The van der Waals surface area contributed by atoms with Gasteiger partial charge in [0.15, 0.2) is 0 Å². The highest BCUT2D eigenvalue weighted by Gasteiger charge is 2.71. The molecule has 1 aliphatic heterocycles. The number of anilines is 1. The standard InChI is InChI=1S/C22H20ClF6N3O/c1-2-6-17-14-31(13-15-7-4-3-5-8-15)9-10-32(17)19-18(23)11-16(12-30-19)20(33,21(24,25)26)22(27,28)29/h3-5,7-8,11-12,17,33H,9-10,13-14H2,1H3/t17-/m0/s1. The number of aliphatic hydroxyl groups is 1. The average Bonchev–Trinajstić information content (AvgIpc) is 2.73. The summed E-state index contributed by atoms with van der Waals surface area (Å²) < 4.78 is 79.1. The Morgan fingerprint density at radius 1 is 1.09 bits per heavy atom. The van der Waals surface area contributed by atoms with Crippen LogP contribution in [0, 0.1) is 11.8 Å². The largest absolute Gasteiger partial charge is 0.430 e. The maximum absolute atomic E-state index is 13.2. The molecule has 1 N–H and O–H groups in total. The van der Waals surface area contributed by atoms with E-state index in [1.54, 1.807) is 11.8 Å². The number of hydrogen-bond acceptors (Lipinski definition) is 4. The zero-order chi connectivity index (χ0) is 24.4. The first-order chi connectivity index (χ1) is 15.4. The van der Waals surface area contributed by atoms with E-state index in [1.807, 2.05) is 30.3 Å². The number of nitrogens with zero attached hydrogens (tertiary/aromatic N) is 3. The van der Waals surface area contributed by atoms with Gasteiger partial charge in [-0.3, -0.25) is 4.90 Å². The minimum Gasteiger partial charge on any atom is -0.369 e. The lowest BCUT2D eigenvalue weighted by atomic mass is 9.93. The molecule has 11 heteroatoms. The fourth-order valence-electron chi connectivity index (χ4n) is 3.70. The lowest BCUT2D eigenvalue weighted by Gasteiger charge is -2.40. The second kappa shape index (κ2) is 9.41. The number of benzene rings is 1. The van der Waals surface area contributed by atoms with Crippen LogP contribution in [0.3, 0.4) is 0 Å². The maximum atomic E-state index is 13.2. The summed E-state index contributed by atoms with van der Waals surface area (Å²) in [5, 5.41) is 9.16. The van der Waals surface area contributed by atoms with Crippen LogP contribution in [0.15, 0.2) is 42.6 Å². The Kier molecular flexibility index (Phi) is 7.17. The Morgan fingerprint density at radius 2 is 1.73 bits per heavy atom. The predicted octanol–water partition coefficient (Wildman–Crippen LogP) is 4.76. The highest BCUT2D eigenvalue weighted by Crippen LogP contribution is 2.50. The van der Waals surface area contributed by atoms with Gasteiger partial charge in [0, 0.05) is 37.9 Å². The molecule has 0 bridgehead atoms. The number of alkyl halides is 6. The van der Waals surface area contributed by atoms with Gasteiger partial charge in [-0.2, -0.15) is 26.3 Å². The van der Waals surface area contributed by atoms with Gasteiger partial charge in [0.2, 0.25) is 0 Å². The minimum absolute atomic E-state index is 0.000716. The Balaban J connectivity index is 1.89. The molecule has 0 amide bonds. The zero-order valence-electron chi connectivity index (χ0n) is 17.4. The normalized spacial score (nSPS) is 18.1. The summed E-state index contributed by atoms with van der Waals surface area (Å²) in [6.07, 6.45) is -11.7. The molecule has 1 aromatic carbocycles. The van der Waals surface area contributed by atoms with Crippen LogP contribution >= 0.6 is 11.6 Å². The molecule has 0 unspecified atom stereocenters. The monoisotopic (exact) mass is 491 g/mol. The first kappa shape index (κ1) is 25.1. The Morgan fingerprint density at radius 3 is 2.27 bits per heavy atom. The van der Waals surface area contributed by atoms with Crippen molar-refractivity contribution in [2.75, 3.05) is 24.5 Å². The first-order valence-electron chi connectivity index (χ1n) is 9.85. The number of hydrogen-bond donors (Lipinski definition) is 1. The van der Waals surface area contributed by atoms with Crippen molar-refractivity contribution in [1.82, 2.24) is 9.88 Å². The number of aromatic nitrogens is 1. The second-order valence-electron chi connectivity index (χ2n) is 7.56. The van der Waals surface area contributed by atoms with E-state index < -0.39 is 34.6 Å². The van der Waals surface area contributed by atoms with E-state index in [0.717, 1.165) is 5.56 Å². The number of rotatable bonds is 4. The Labute approximate surface area is 191 Å². The molecular weight excluding hydrogens is 472 g/mol. The van der Waals surface area contributed by atoms with Crippen LogP contribution in [0.5, 0.6) is 0 Å². The average molecular weight is 492 g/mol. The van der Waals surface area contributed by atoms with Crippen LogP contribution in [0.1, 0.15) is 18.1 Å². The predicted molar refractivity (Wildman–Crippen MR) is 112 cm³/mol. The van der Waals surface area contributed by atoms with Crippen LogP contribution in [-0.2, 0) is 12.1 Å². The summed E-state index contributed by atoms with van der Waals surface area (Å²) >= 11 is 6.09. The molecule has 2 heterocycles. The molecule has 3 rings (SSSR count). The lowest BCUT2D eigenvalue weighted by molar-refractivity contribution is -0.376.